The lowest BCUT2D eigenvalue weighted by molar-refractivity contribution is 0.463. The number of rotatable bonds is 0. The minimum absolute atomic E-state index is 0. The van der Waals surface area contributed by atoms with Crippen LogP contribution in [0.5, 0.6) is 0 Å². The molecule has 5 heavy (non-hydrogen) atoms. The molecule has 0 aliphatic heterocycles. The second-order valence-corrected chi connectivity index (χ2v) is 0.463. The Kier molecular flexibility index (Phi) is 71.9. The molecule has 0 aromatic carbocycles. The molecular formula is CH5Cl3O. The minimum atomic E-state index is 0. The van der Waals surface area contributed by atoms with Crippen LogP contribution in [0.2, 0.25) is 0 Å². The zero-order chi connectivity index (χ0) is 2.71. The molecule has 0 radical (unpaired) electrons. The lowest BCUT2D eigenvalue weighted by Gasteiger charge is -1.54. The first kappa shape index (κ1) is 17.0. The Balaban J connectivity index is -0.0000000200. The highest BCUT2D eigenvalue weighted by molar-refractivity contribution is 6.07. The summed E-state index contributed by atoms with van der Waals surface area (Å²) in [4.78, 5) is 0. The van der Waals surface area contributed by atoms with E-state index >= 15 is 0 Å². The molecule has 1 nitrogen and oxygen atoms in total. The molecule has 0 saturated carbocycles. The van der Waals surface area contributed by atoms with Crippen molar-refractivity contribution in [2.75, 3.05) is 7.11 Å². The fraction of sp³-hybridized carbons (Fsp3) is 1.00. The van der Waals surface area contributed by atoms with Crippen molar-refractivity contribution in [2.45, 2.75) is 0 Å². The Morgan fingerprint density at radius 1 is 1.40 bits per heavy atom. The maximum Gasteiger partial charge on any atom is 0.0606 e. The third kappa shape index (κ3) is 56.2. The lowest BCUT2D eigenvalue weighted by atomic mass is 11.8. The van der Waals surface area contributed by atoms with E-state index in [9.17, 15) is 0 Å². The van der Waals surface area contributed by atoms with Crippen LogP contribution in [-0.2, 0) is 4.29 Å². The summed E-state index contributed by atoms with van der Waals surface area (Å²) < 4.78 is 3.72. The van der Waals surface area contributed by atoms with Gasteiger partial charge >= 0.3 is 0 Å². The normalized spacial score (nSPS) is 3.60. The predicted octanol–water partition coefficient (Wildman–Crippen LogP) is 1.63. The highest BCUT2D eigenvalue weighted by Gasteiger charge is 1.31. The van der Waals surface area contributed by atoms with Gasteiger partial charge in [0.2, 0.25) is 0 Å². The standard InChI is InChI=1S/CH3ClO.2ClH/c1-3-2;;/h1H3;2*1H. The van der Waals surface area contributed by atoms with Crippen molar-refractivity contribution in [2.24, 2.45) is 0 Å². The van der Waals surface area contributed by atoms with E-state index in [1.54, 1.807) is 0 Å². The second-order valence-electron chi connectivity index (χ2n) is 0.154. The lowest BCUT2D eigenvalue weighted by Crippen LogP contribution is -1.39. The Morgan fingerprint density at radius 2 is 1.40 bits per heavy atom. The number of hydrogen-bond acceptors (Lipinski definition) is 1. The minimum Gasteiger partial charge on any atom is -0.283 e. The maximum atomic E-state index is 4.50. The first-order chi connectivity index (χ1) is 1.41. The molecule has 36 valence electrons. The van der Waals surface area contributed by atoms with Crippen LogP contribution < -0.4 is 0 Å². The van der Waals surface area contributed by atoms with Crippen LogP contribution in [-0.4, -0.2) is 7.11 Å². The SMILES string of the molecule is COCl.Cl.Cl. The fourth-order valence-corrected chi connectivity index (χ4v) is 0. The van der Waals surface area contributed by atoms with Gasteiger partial charge in [-0.3, -0.25) is 4.29 Å². The number of hydrogen-bond donors (Lipinski definition) is 0. The van der Waals surface area contributed by atoms with Gasteiger partial charge in [0.25, 0.3) is 0 Å². The van der Waals surface area contributed by atoms with E-state index in [1.807, 2.05) is 0 Å². The summed E-state index contributed by atoms with van der Waals surface area (Å²) in [5.74, 6) is 0. The molecule has 4 heteroatoms. The molecule has 0 saturated heterocycles. The van der Waals surface area contributed by atoms with Gasteiger partial charge in [0.05, 0.1) is 19.0 Å². The van der Waals surface area contributed by atoms with E-state index in [1.165, 1.54) is 7.11 Å². The van der Waals surface area contributed by atoms with Crippen molar-refractivity contribution in [1.29, 1.82) is 0 Å². The summed E-state index contributed by atoms with van der Waals surface area (Å²) in [6, 6.07) is 0. The Morgan fingerprint density at radius 3 is 1.40 bits per heavy atom. The van der Waals surface area contributed by atoms with Crippen LogP contribution in [0.4, 0.5) is 0 Å². The molecule has 0 unspecified atom stereocenters. The van der Waals surface area contributed by atoms with Gasteiger partial charge in [0.1, 0.15) is 0 Å². The average Bonchev–Trinajstić information content (AvgIpc) is 0.918. The van der Waals surface area contributed by atoms with Crippen molar-refractivity contribution in [3.8, 4) is 0 Å². The van der Waals surface area contributed by atoms with Gasteiger partial charge in [0.15, 0.2) is 0 Å². The Bertz CT molecular complexity index is 6.85. The molecule has 0 bridgehead atoms. The fourth-order valence-electron chi connectivity index (χ4n) is 0. The third-order valence-corrected chi connectivity index (χ3v) is 0. The summed E-state index contributed by atoms with van der Waals surface area (Å²) >= 11 is 4.50. The van der Waals surface area contributed by atoms with Gasteiger partial charge in [-0.2, -0.15) is 0 Å². The van der Waals surface area contributed by atoms with E-state index in [4.69, 9.17) is 0 Å². The smallest absolute Gasteiger partial charge is 0.0606 e. The zero-order valence-electron chi connectivity index (χ0n) is 2.60. The van der Waals surface area contributed by atoms with Gasteiger partial charge < -0.3 is 0 Å². The van der Waals surface area contributed by atoms with E-state index in [-0.39, 0.29) is 24.8 Å². The summed E-state index contributed by atoms with van der Waals surface area (Å²) in [6.45, 7) is 0. The van der Waals surface area contributed by atoms with Crippen molar-refractivity contribution < 1.29 is 4.29 Å². The average molecular weight is 139 g/mol. The van der Waals surface area contributed by atoms with Gasteiger partial charge in [-0.05, 0) is 0 Å². The summed E-state index contributed by atoms with van der Waals surface area (Å²) in [5.41, 5.74) is 0. The van der Waals surface area contributed by atoms with Crippen LogP contribution in [0.3, 0.4) is 0 Å². The highest BCUT2D eigenvalue weighted by atomic mass is 35.5. The molecule has 0 N–H and O–H groups in total. The van der Waals surface area contributed by atoms with Crippen molar-refractivity contribution in [1.82, 2.24) is 0 Å². The van der Waals surface area contributed by atoms with Crippen LogP contribution in [0.1, 0.15) is 0 Å². The largest absolute Gasteiger partial charge is 0.283 e. The monoisotopic (exact) mass is 138 g/mol. The number of halogens is 3. The van der Waals surface area contributed by atoms with Crippen LogP contribution >= 0.6 is 36.7 Å². The molecule has 0 amide bonds. The van der Waals surface area contributed by atoms with E-state index in [0.717, 1.165) is 0 Å². The van der Waals surface area contributed by atoms with E-state index < -0.39 is 0 Å². The molecule has 0 rings (SSSR count). The quantitative estimate of drug-likeness (QED) is 0.496. The summed E-state index contributed by atoms with van der Waals surface area (Å²) in [5, 5.41) is 0. The maximum absolute atomic E-state index is 4.50. The van der Waals surface area contributed by atoms with E-state index in [2.05, 4.69) is 16.2 Å². The van der Waals surface area contributed by atoms with Crippen molar-refractivity contribution in [3.05, 3.63) is 0 Å². The Hall–Kier alpha value is 0.830. The summed E-state index contributed by atoms with van der Waals surface area (Å²) in [6.07, 6.45) is 0. The van der Waals surface area contributed by atoms with Crippen molar-refractivity contribution >= 4 is 36.7 Å². The molecular weight excluding hydrogens is 134 g/mol. The third-order valence-electron chi connectivity index (χ3n) is 0. The topological polar surface area (TPSA) is 9.23 Å². The van der Waals surface area contributed by atoms with E-state index in [0.29, 0.717) is 0 Å². The zero-order valence-corrected chi connectivity index (χ0v) is 4.99. The predicted molar refractivity (Wildman–Crippen MR) is 27.4 cm³/mol. The van der Waals surface area contributed by atoms with Gasteiger partial charge in [-0.25, -0.2) is 0 Å². The van der Waals surface area contributed by atoms with Crippen LogP contribution in [0.15, 0.2) is 0 Å². The van der Waals surface area contributed by atoms with Gasteiger partial charge in [-0.1, -0.05) is 0 Å². The highest BCUT2D eigenvalue weighted by Crippen LogP contribution is 1.59. The van der Waals surface area contributed by atoms with Crippen molar-refractivity contribution in [3.63, 3.8) is 0 Å². The second kappa shape index (κ2) is 21.2. The first-order valence-corrected chi connectivity index (χ1v) is 0.871. The van der Waals surface area contributed by atoms with Crippen LogP contribution in [0.25, 0.3) is 0 Å². The molecule has 0 spiro atoms. The van der Waals surface area contributed by atoms with Gasteiger partial charge in [-0.15, -0.1) is 24.8 Å². The molecule has 0 aromatic heterocycles. The molecule has 0 aromatic rings. The van der Waals surface area contributed by atoms with Crippen LogP contribution in [0, 0.1) is 0 Å². The summed E-state index contributed by atoms with van der Waals surface area (Å²) in [7, 11) is 1.39. The van der Waals surface area contributed by atoms with Gasteiger partial charge in [0, 0.05) is 0 Å². The first-order valence-electron chi connectivity index (χ1n) is 0.563. The Labute approximate surface area is 48.6 Å². The molecule has 0 fully saturated rings. The molecule has 0 aliphatic carbocycles. The molecule has 0 aliphatic rings. The molecule has 0 atom stereocenters. The molecule has 0 heterocycles.